The quantitative estimate of drug-likeness (QED) is 0.255. The summed E-state index contributed by atoms with van der Waals surface area (Å²) in [6.45, 7) is 4.24. The molecule has 21 heavy (non-hydrogen) atoms. The fraction of sp³-hybridized carbons (Fsp3) is 0.538. The standard InChI is InChI=1S/C13H22N4O3.HI/c1-3-14-13(16-9-11-5-4-7-20-11)17-10-12(18)15-6-8-19-2;/h4-5,7H,3,6,8-10H2,1-2H3,(H,15,18)(H2,14,16,17);1H. The van der Waals surface area contributed by atoms with Crippen LogP contribution in [0.2, 0.25) is 0 Å². The predicted octanol–water partition coefficient (Wildman–Crippen LogP) is 0.715. The molecule has 8 heteroatoms. The van der Waals surface area contributed by atoms with Crippen molar-refractivity contribution >= 4 is 35.8 Å². The van der Waals surface area contributed by atoms with E-state index in [2.05, 4.69) is 20.9 Å². The lowest BCUT2D eigenvalue weighted by molar-refractivity contribution is -0.119. The lowest BCUT2D eigenvalue weighted by Crippen LogP contribution is -2.38. The van der Waals surface area contributed by atoms with E-state index in [1.54, 1.807) is 13.4 Å². The first-order chi connectivity index (χ1) is 9.76. The summed E-state index contributed by atoms with van der Waals surface area (Å²) in [6, 6.07) is 3.69. The van der Waals surface area contributed by atoms with Crippen LogP contribution in [0.1, 0.15) is 12.7 Å². The number of hydrogen-bond donors (Lipinski definition) is 3. The number of nitrogens with zero attached hydrogens (tertiary/aromatic N) is 1. The Labute approximate surface area is 141 Å². The van der Waals surface area contributed by atoms with Crippen molar-refractivity contribution in [3.63, 3.8) is 0 Å². The molecule has 1 aromatic rings. The molecule has 0 fully saturated rings. The molecule has 0 saturated heterocycles. The van der Waals surface area contributed by atoms with Gasteiger partial charge >= 0.3 is 0 Å². The Morgan fingerprint density at radius 2 is 2.19 bits per heavy atom. The number of methoxy groups -OCH3 is 1. The molecule has 3 N–H and O–H groups in total. The second-order valence-corrected chi connectivity index (χ2v) is 3.97. The molecule has 0 spiro atoms. The summed E-state index contributed by atoms with van der Waals surface area (Å²) in [5, 5.41) is 8.85. The third-order valence-electron chi connectivity index (χ3n) is 2.36. The lowest BCUT2D eigenvalue weighted by atomic mass is 10.4. The van der Waals surface area contributed by atoms with Crippen LogP contribution in [-0.2, 0) is 16.1 Å². The van der Waals surface area contributed by atoms with Gasteiger partial charge in [0.2, 0.25) is 5.91 Å². The van der Waals surface area contributed by atoms with Gasteiger partial charge in [-0.1, -0.05) is 0 Å². The maximum atomic E-state index is 11.5. The van der Waals surface area contributed by atoms with Crippen LogP contribution in [0.4, 0.5) is 0 Å². The van der Waals surface area contributed by atoms with E-state index in [0.29, 0.717) is 25.7 Å². The van der Waals surface area contributed by atoms with Gasteiger partial charge in [-0.3, -0.25) is 4.79 Å². The molecule has 0 radical (unpaired) electrons. The highest BCUT2D eigenvalue weighted by molar-refractivity contribution is 14.0. The number of amides is 1. The number of ether oxygens (including phenoxy) is 1. The van der Waals surface area contributed by atoms with Gasteiger partial charge in [0.05, 0.1) is 19.4 Å². The number of nitrogens with one attached hydrogen (secondary N) is 3. The van der Waals surface area contributed by atoms with E-state index in [0.717, 1.165) is 12.3 Å². The summed E-state index contributed by atoms with van der Waals surface area (Å²) in [7, 11) is 1.59. The number of halogens is 1. The van der Waals surface area contributed by atoms with Crippen LogP contribution in [-0.4, -0.2) is 45.2 Å². The molecular formula is C13H23IN4O3. The number of aliphatic imine (C=N–C) groups is 1. The molecule has 0 aliphatic carbocycles. The van der Waals surface area contributed by atoms with Crippen LogP contribution in [0, 0.1) is 0 Å². The molecule has 7 nitrogen and oxygen atoms in total. The van der Waals surface area contributed by atoms with Crippen molar-refractivity contribution in [1.29, 1.82) is 0 Å². The summed E-state index contributed by atoms with van der Waals surface area (Å²) in [5.41, 5.74) is 0. The zero-order valence-corrected chi connectivity index (χ0v) is 14.7. The van der Waals surface area contributed by atoms with E-state index >= 15 is 0 Å². The summed E-state index contributed by atoms with van der Waals surface area (Å²) >= 11 is 0. The summed E-state index contributed by atoms with van der Waals surface area (Å²) < 4.78 is 10.1. The molecule has 120 valence electrons. The first-order valence-corrected chi connectivity index (χ1v) is 6.56. The highest BCUT2D eigenvalue weighted by atomic mass is 127. The zero-order valence-electron chi connectivity index (χ0n) is 12.3. The maximum absolute atomic E-state index is 11.5. The van der Waals surface area contributed by atoms with Crippen LogP contribution in [0.3, 0.4) is 0 Å². The third-order valence-corrected chi connectivity index (χ3v) is 2.36. The molecule has 0 aliphatic heterocycles. The average molecular weight is 410 g/mol. The van der Waals surface area contributed by atoms with E-state index in [4.69, 9.17) is 9.15 Å². The van der Waals surface area contributed by atoms with Gasteiger partial charge in [-0.15, -0.1) is 24.0 Å². The number of rotatable bonds is 8. The van der Waals surface area contributed by atoms with E-state index in [9.17, 15) is 4.79 Å². The fourth-order valence-corrected chi connectivity index (χ4v) is 1.43. The lowest BCUT2D eigenvalue weighted by Gasteiger charge is -2.10. The predicted molar refractivity (Wildman–Crippen MR) is 91.8 cm³/mol. The van der Waals surface area contributed by atoms with Gasteiger partial charge < -0.3 is 25.1 Å². The highest BCUT2D eigenvalue weighted by Gasteiger charge is 2.02. The summed E-state index contributed by atoms with van der Waals surface area (Å²) in [6.07, 6.45) is 1.62. The monoisotopic (exact) mass is 410 g/mol. The van der Waals surface area contributed by atoms with Crippen molar-refractivity contribution in [1.82, 2.24) is 16.0 Å². The maximum Gasteiger partial charge on any atom is 0.241 e. The first kappa shape index (κ1) is 19.7. The van der Waals surface area contributed by atoms with Gasteiger partial charge in [0.15, 0.2) is 5.96 Å². The average Bonchev–Trinajstić information content (AvgIpc) is 2.95. The number of guanidine groups is 1. The molecular weight excluding hydrogens is 387 g/mol. The molecule has 1 amide bonds. The minimum absolute atomic E-state index is 0. The largest absolute Gasteiger partial charge is 0.467 e. The summed E-state index contributed by atoms with van der Waals surface area (Å²) in [5.74, 6) is 1.24. The van der Waals surface area contributed by atoms with Crippen molar-refractivity contribution < 1.29 is 13.9 Å². The SMILES string of the molecule is CCNC(=NCC(=O)NCCOC)NCc1ccco1.I. The smallest absolute Gasteiger partial charge is 0.241 e. The molecule has 0 aromatic carbocycles. The fourth-order valence-electron chi connectivity index (χ4n) is 1.43. The number of hydrogen-bond acceptors (Lipinski definition) is 4. The molecule has 0 bridgehead atoms. The Morgan fingerprint density at radius 3 is 2.81 bits per heavy atom. The van der Waals surface area contributed by atoms with Crippen molar-refractivity contribution in [2.75, 3.05) is 33.4 Å². The van der Waals surface area contributed by atoms with Crippen LogP contribution in [0.5, 0.6) is 0 Å². The molecule has 1 aromatic heterocycles. The Hall–Kier alpha value is -1.29. The third kappa shape index (κ3) is 9.29. The van der Waals surface area contributed by atoms with Crippen molar-refractivity contribution in [3.8, 4) is 0 Å². The van der Waals surface area contributed by atoms with Crippen LogP contribution >= 0.6 is 24.0 Å². The summed E-state index contributed by atoms with van der Waals surface area (Å²) in [4.78, 5) is 15.7. The second kappa shape index (κ2) is 12.5. The van der Waals surface area contributed by atoms with Gasteiger partial charge in [-0.05, 0) is 19.1 Å². The molecule has 0 saturated carbocycles. The highest BCUT2D eigenvalue weighted by Crippen LogP contribution is 1.98. The molecule has 0 unspecified atom stereocenters. The number of carbonyl (C=O) groups excluding carboxylic acids is 1. The van der Waals surface area contributed by atoms with Crippen molar-refractivity contribution in [2.24, 2.45) is 4.99 Å². The topological polar surface area (TPSA) is 87.9 Å². The van der Waals surface area contributed by atoms with Gasteiger partial charge in [0.25, 0.3) is 0 Å². The minimum atomic E-state index is -0.141. The Kier molecular flexibility index (Phi) is 11.7. The second-order valence-electron chi connectivity index (χ2n) is 3.97. The van der Waals surface area contributed by atoms with Crippen LogP contribution in [0.25, 0.3) is 0 Å². The molecule has 1 rings (SSSR count). The molecule has 0 aliphatic rings. The molecule has 1 heterocycles. The Bertz CT molecular complexity index is 410. The normalized spacial score (nSPS) is 10.7. The van der Waals surface area contributed by atoms with E-state index in [1.807, 2.05) is 19.1 Å². The van der Waals surface area contributed by atoms with Crippen molar-refractivity contribution in [2.45, 2.75) is 13.5 Å². The van der Waals surface area contributed by atoms with Gasteiger partial charge in [0.1, 0.15) is 12.3 Å². The Balaban J connectivity index is 0.00000400. The number of furan rings is 1. The van der Waals surface area contributed by atoms with Crippen LogP contribution < -0.4 is 16.0 Å². The van der Waals surface area contributed by atoms with Crippen molar-refractivity contribution in [3.05, 3.63) is 24.2 Å². The minimum Gasteiger partial charge on any atom is -0.467 e. The Morgan fingerprint density at radius 1 is 1.38 bits per heavy atom. The van der Waals surface area contributed by atoms with E-state index in [1.165, 1.54) is 0 Å². The molecule has 0 atom stereocenters. The first-order valence-electron chi connectivity index (χ1n) is 6.56. The van der Waals surface area contributed by atoms with E-state index < -0.39 is 0 Å². The zero-order chi connectivity index (χ0) is 14.6. The van der Waals surface area contributed by atoms with Crippen LogP contribution in [0.15, 0.2) is 27.8 Å². The van der Waals surface area contributed by atoms with Gasteiger partial charge in [-0.2, -0.15) is 0 Å². The van der Waals surface area contributed by atoms with Gasteiger partial charge in [0, 0.05) is 20.2 Å². The van der Waals surface area contributed by atoms with E-state index in [-0.39, 0.29) is 36.4 Å². The number of carbonyl (C=O) groups is 1. The van der Waals surface area contributed by atoms with Gasteiger partial charge in [-0.25, -0.2) is 4.99 Å².